The number of carbonyl (C=O) groups excluding carboxylic acids is 1. The van der Waals surface area contributed by atoms with Crippen molar-refractivity contribution >= 4 is 11.7 Å². The van der Waals surface area contributed by atoms with Crippen LogP contribution in [0.4, 0.5) is 5.82 Å². The molecule has 5 heteroatoms. The summed E-state index contributed by atoms with van der Waals surface area (Å²) >= 11 is 0. The Kier molecular flexibility index (Phi) is 5.07. The lowest BCUT2D eigenvalue weighted by atomic mass is 9.90. The van der Waals surface area contributed by atoms with Crippen LogP contribution in [0, 0.1) is 19.8 Å². The molecule has 2 atom stereocenters. The Morgan fingerprint density at radius 1 is 1.08 bits per heavy atom. The SMILES string of the molecule is Cc1cnc(C)c(N2CCC(C(=O)N3C(C)CCCC3C)CC2)n1. The topological polar surface area (TPSA) is 49.3 Å². The van der Waals surface area contributed by atoms with Crippen molar-refractivity contribution < 1.29 is 4.79 Å². The van der Waals surface area contributed by atoms with E-state index in [1.165, 1.54) is 6.42 Å². The molecule has 132 valence electrons. The minimum Gasteiger partial charge on any atom is -0.355 e. The summed E-state index contributed by atoms with van der Waals surface area (Å²) in [6.07, 6.45) is 7.19. The Balaban J connectivity index is 1.64. The van der Waals surface area contributed by atoms with Crippen molar-refractivity contribution in [2.75, 3.05) is 18.0 Å². The number of rotatable bonds is 2. The van der Waals surface area contributed by atoms with Crippen molar-refractivity contribution in [3.05, 3.63) is 17.6 Å². The summed E-state index contributed by atoms with van der Waals surface area (Å²) in [5, 5.41) is 0. The van der Waals surface area contributed by atoms with Gasteiger partial charge in [0.1, 0.15) is 5.82 Å². The number of piperidine rings is 2. The molecule has 2 fully saturated rings. The zero-order valence-electron chi connectivity index (χ0n) is 15.5. The highest BCUT2D eigenvalue weighted by Crippen LogP contribution is 2.29. The Morgan fingerprint density at radius 3 is 2.33 bits per heavy atom. The van der Waals surface area contributed by atoms with Crippen LogP contribution in [0.25, 0.3) is 0 Å². The monoisotopic (exact) mass is 330 g/mol. The molecule has 0 spiro atoms. The van der Waals surface area contributed by atoms with E-state index in [1.807, 2.05) is 20.0 Å². The predicted octanol–water partition coefficient (Wildman–Crippen LogP) is 3.10. The molecule has 3 heterocycles. The van der Waals surface area contributed by atoms with Crippen LogP contribution in [-0.2, 0) is 4.79 Å². The van der Waals surface area contributed by atoms with Crippen LogP contribution in [0.3, 0.4) is 0 Å². The number of nitrogens with zero attached hydrogens (tertiary/aromatic N) is 4. The van der Waals surface area contributed by atoms with E-state index in [0.717, 1.165) is 56.0 Å². The lowest BCUT2D eigenvalue weighted by Crippen LogP contribution is -2.51. The summed E-state index contributed by atoms with van der Waals surface area (Å²) in [4.78, 5) is 26.5. The number of amides is 1. The van der Waals surface area contributed by atoms with Crippen molar-refractivity contribution in [1.29, 1.82) is 0 Å². The molecule has 24 heavy (non-hydrogen) atoms. The van der Waals surface area contributed by atoms with Gasteiger partial charge in [0, 0.05) is 37.3 Å². The first-order chi connectivity index (χ1) is 11.5. The minimum absolute atomic E-state index is 0.169. The number of carbonyl (C=O) groups is 1. The van der Waals surface area contributed by atoms with Gasteiger partial charge in [-0.1, -0.05) is 0 Å². The smallest absolute Gasteiger partial charge is 0.226 e. The second-order valence-electron chi connectivity index (χ2n) is 7.56. The number of likely N-dealkylation sites (tertiary alicyclic amines) is 1. The van der Waals surface area contributed by atoms with Crippen LogP contribution in [0.15, 0.2) is 6.20 Å². The molecule has 0 aliphatic carbocycles. The molecule has 0 aromatic carbocycles. The molecular weight excluding hydrogens is 300 g/mol. The average molecular weight is 330 g/mol. The van der Waals surface area contributed by atoms with Crippen molar-refractivity contribution in [3.63, 3.8) is 0 Å². The quantitative estimate of drug-likeness (QED) is 0.836. The predicted molar refractivity (Wildman–Crippen MR) is 96.1 cm³/mol. The summed E-state index contributed by atoms with van der Waals surface area (Å²) < 4.78 is 0. The molecule has 2 aliphatic heterocycles. The Morgan fingerprint density at radius 2 is 1.71 bits per heavy atom. The van der Waals surface area contributed by atoms with Crippen LogP contribution >= 0.6 is 0 Å². The average Bonchev–Trinajstić information content (AvgIpc) is 2.57. The molecule has 2 aliphatic rings. The van der Waals surface area contributed by atoms with Crippen LogP contribution in [0.5, 0.6) is 0 Å². The fraction of sp³-hybridized carbons (Fsp3) is 0.737. The third kappa shape index (κ3) is 3.40. The number of aryl methyl sites for hydroxylation is 2. The molecule has 2 saturated heterocycles. The molecule has 2 unspecified atom stereocenters. The van der Waals surface area contributed by atoms with Crippen molar-refractivity contribution in [2.45, 2.75) is 71.9 Å². The molecule has 0 bridgehead atoms. The fourth-order valence-corrected chi connectivity index (χ4v) is 4.23. The second-order valence-corrected chi connectivity index (χ2v) is 7.56. The molecule has 1 amide bonds. The molecule has 0 N–H and O–H groups in total. The standard InChI is InChI=1S/C19H30N4O/c1-13-12-20-16(4)18(21-13)22-10-8-17(9-11-22)19(24)23-14(2)6-5-7-15(23)3/h12,14-15,17H,5-11H2,1-4H3. The van der Waals surface area contributed by atoms with Crippen LogP contribution in [0.2, 0.25) is 0 Å². The van der Waals surface area contributed by atoms with Crippen molar-refractivity contribution in [2.24, 2.45) is 5.92 Å². The zero-order valence-corrected chi connectivity index (χ0v) is 15.5. The fourth-order valence-electron chi connectivity index (χ4n) is 4.23. The maximum atomic E-state index is 13.0. The van der Waals surface area contributed by atoms with Gasteiger partial charge < -0.3 is 9.80 Å². The molecule has 0 radical (unpaired) electrons. The number of anilines is 1. The van der Waals surface area contributed by atoms with Gasteiger partial charge in [-0.3, -0.25) is 9.78 Å². The summed E-state index contributed by atoms with van der Waals surface area (Å²) in [6, 6.07) is 0.785. The third-order valence-electron chi connectivity index (χ3n) is 5.64. The van der Waals surface area contributed by atoms with Crippen LogP contribution < -0.4 is 4.90 Å². The highest BCUT2D eigenvalue weighted by atomic mass is 16.2. The Hall–Kier alpha value is -1.65. The van der Waals surface area contributed by atoms with Gasteiger partial charge >= 0.3 is 0 Å². The summed E-state index contributed by atoms with van der Waals surface area (Å²) in [7, 11) is 0. The highest BCUT2D eigenvalue weighted by molar-refractivity contribution is 5.80. The Bertz CT molecular complexity index is 585. The third-order valence-corrected chi connectivity index (χ3v) is 5.64. The van der Waals surface area contributed by atoms with E-state index in [-0.39, 0.29) is 5.92 Å². The van der Waals surface area contributed by atoms with E-state index >= 15 is 0 Å². The first kappa shape index (κ1) is 17.2. The van der Waals surface area contributed by atoms with E-state index in [2.05, 4.69) is 33.6 Å². The zero-order chi connectivity index (χ0) is 17.3. The highest BCUT2D eigenvalue weighted by Gasteiger charge is 2.35. The number of aromatic nitrogens is 2. The van der Waals surface area contributed by atoms with E-state index in [9.17, 15) is 4.79 Å². The summed E-state index contributed by atoms with van der Waals surface area (Å²) in [6.45, 7) is 10.2. The minimum atomic E-state index is 0.169. The lowest BCUT2D eigenvalue weighted by molar-refractivity contribution is -0.142. The van der Waals surface area contributed by atoms with Gasteiger partial charge in [0.15, 0.2) is 0 Å². The van der Waals surface area contributed by atoms with Crippen LogP contribution in [0.1, 0.15) is 57.3 Å². The van der Waals surface area contributed by atoms with Gasteiger partial charge in [-0.15, -0.1) is 0 Å². The molecule has 3 rings (SSSR count). The van der Waals surface area contributed by atoms with E-state index in [0.29, 0.717) is 18.0 Å². The summed E-state index contributed by atoms with van der Waals surface area (Å²) in [5.41, 5.74) is 1.92. The largest absolute Gasteiger partial charge is 0.355 e. The van der Waals surface area contributed by atoms with Crippen molar-refractivity contribution in [3.8, 4) is 0 Å². The van der Waals surface area contributed by atoms with Crippen LogP contribution in [-0.4, -0.2) is 45.9 Å². The first-order valence-corrected chi connectivity index (χ1v) is 9.34. The second kappa shape index (κ2) is 7.08. The van der Waals surface area contributed by atoms with E-state index in [1.54, 1.807) is 0 Å². The number of hydrogen-bond acceptors (Lipinski definition) is 4. The van der Waals surface area contributed by atoms with Crippen molar-refractivity contribution in [1.82, 2.24) is 14.9 Å². The summed E-state index contributed by atoms with van der Waals surface area (Å²) in [5.74, 6) is 1.53. The first-order valence-electron chi connectivity index (χ1n) is 9.34. The lowest BCUT2D eigenvalue weighted by Gasteiger charge is -2.42. The maximum absolute atomic E-state index is 13.0. The van der Waals surface area contributed by atoms with Gasteiger partial charge in [0.2, 0.25) is 5.91 Å². The Labute approximate surface area is 145 Å². The van der Waals surface area contributed by atoms with Gasteiger partial charge in [0.25, 0.3) is 0 Å². The van der Waals surface area contributed by atoms with Gasteiger partial charge in [-0.2, -0.15) is 0 Å². The molecule has 5 nitrogen and oxygen atoms in total. The van der Waals surface area contributed by atoms with Gasteiger partial charge in [-0.05, 0) is 59.8 Å². The van der Waals surface area contributed by atoms with E-state index < -0.39 is 0 Å². The normalized spacial score (nSPS) is 25.8. The molecule has 0 saturated carbocycles. The van der Waals surface area contributed by atoms with E-state index in [4.69, 9.17) is 0 Å². The molecular formula is C19H30N4O. The number of hydrogen-bond donors (Lipinski definition) is 0. The molecule has 1 aromatic rings. The molecule has 1 aromatic heterocycles. The van der Waals surface area contributed by atoms with Gasteiger partial charge in [0.05, 0.1) is 11.4 Å². The maximum Gasteiger partial charge on any atom is 0.226 e. The van der Waals surface area contributed by atoms with Gasteiger partial charge in [-0.25, -0.2) is 4.98 Å².